The molecule has 2 fully saturated rings. The molecule has 0 radical (unpaired) electrons. The van der Waals surface area contributed by atoms with Crippen LogP contribution >= 0.6 is 13.6 Å². The minimum absolute atomic E-state index is 0.00815. The molecule has 2 saturated heterocycles. The number of nitrogens with zero attached hydrogens (tertiary/aromatic N) is 7. The zero-order valence-corrected chi connectivity index (χ0v) is 26.2. The summed E-state index contributed by atoms with van der Waals surface area (Å²) in [4.78, 5) is 48.5. The number of hydrogen-bond donors (Lipinski definition) is 6. The van der Waals surface area contributed by atoms with Gasteiger partial charge in [-0.1, -0.05) is 5.21 Å². The molecule has 0 aromatic carbocycles. The number of alkyl halides is 1. The first kappa shape index (κ1) is 31.4. The number of ether oxygens (including phenoxy) is 2. The van der Waals surface area contributed by atoms with E-state index in [1.165, 1.54) is 17.1 Å². The summed E-state index contributed by atoms with van der Waals surface area (Å²) in [6.45, 7) is -3.33. The molecule has 18 nitrogen and oxygen atoms in total. The highest BCUT2D eigenvalue weighted by Gasteiger charge is 2.57. The summed E-state index contributed by atoms with van der Waals surface area (Å²) in [5, 5.41) is 16.8. The van der Waals surface area contributed by atoms with Crippen LogP contribution in [0.25, 0.3) is 22.2 Å². The molecular formula is C21H27FN10O8P2S2. The van der Waals surface area contributed by atoms with Crippen LogP contribution < -0.4 is 17.0 Å². The Morgan fingerprint density at radius 3 is 2.84 bits per heavy atom. The molecule has 238 valence electrons. The van der Waals surface area contributed by atoms with Gasteiger partial charge in [0.25, 0.3) is 5.56 Å². The van der Waals surface area contributed by atoms with Crippen molar-refractivity contribution in [2.24, 2.45) is 0 Å². The van der Waals surface area contributed by atoms with Gasteiger partial charge < -0.3 is 49.4 Å². The summed E-state index contributed by atoms with van der Waals surface area (Å²) in [6, 6.07) is 1.60. The van der Waals surface area contributed by atoms with Crippen LogP contribution in [-0.2, 0) is 42.1 Å². The van der Waals surface area contributed by atoms with E-state index in [1.807, 2.05) is 0 Å². The zero-order valence-electron chi connectivity index (χ0n) is 22.6. The van der Waals surface area contributed by atoms with E-state index in [0.717, 1.165) is 4.68 Å². The first-order valence-corrected chi connectivity index (χ1v) is 18.1. The van der Waals surface area contributed by atoms with Crippen LogP contribution in [0.5, 0.6) is 0 Å². The van der Waals surface area contributed by atoms with E-state index < -0.39 is 74.5 Å². The molecule has 0 spiro atoms. The summed E-state index contributed by atoms with van der Waals surface area (Å²) >= 11 is 10.5. The number of H-pyrrole nitrogens is 1. The van der Waals surface area contributed by atoms with Gasteiger partial charge in [0.1, 0.15) is 30.0 Å². The van der Waals surface area contributed by atoms with Crippen molar-refractivity contribution in [3.05, 3.63) is 28.9 Å². The van der Waals surface area contributed by atoms with Crippen molar-refractivity contribution in [2.45, 2.75) is 55.4 Å². The van der Waals surface area contributed by atoms with Gasteiger partial charge in [0.15, 0.2) is 43.4 Å². The molecule has 0 bridgehead atoms. The first-order valence-electron chi connectivity index (χ1n) is 12.9. The van der Waals surface area contributed by atoms with Gasteiger partial charge in [-0.15, -0.1) is 5.10 Å². The number of hydrogen-bond acceptors (Lipinski definition) is 15. The first-order chi connectivity index (χ1) is 20.8. The maximum atomic E-state index is 15.9. The van der Waals surface area contributed by atoms with Gasteiger partial charge in [-0.3, -0.25) is 9.78 Å². The molecule has 44 heavy (non-hydrogen) atoms. The second kappa shape index (κ2) is 11.7. The van der Waals surface area contributed by atoms with E-state index in [1.54, 1.807) is 13.0 Å². The Balaban J connectivity index is 1.29. The largest absolute Gasteiger partial charge is 0.394 e. The molecule has 0 aliphatic carbocycles. The molecule has 0 saturated carbocycles. The lowest BCUT2D eigenvalue weighted by Gasteiger charge is -2.36. The lowest BCUT2D eigenvalue weighted by Crippen LogP contribution is -2.37. The molecule has 6 heterocycles. The minimum atomic E-state index is -3.98. The fraction of sp³-hybridized carbons (Fsp3) is 0.524. The highest BCUT2D eigenvalue weighted by Crippen LogP contribution is 2.65. The molecule has 4 aromatic heterocycles. The Hall–Kier alpha value is -2.55. The molecule has 23 heteroatoms. The van der Waals surface area contributed by atoms with Crippen LogP contribution in [0.1, 0.15) is 25.8 Å². The van der Waals surface area contributed by atoms with Gasteiger partial charge in [-0.25, -0.2) is 14.4 Å². The molecule has 2 aliphatic rings. The number of nitrogen functional groups attached to an aromatic ring is 2. The van der Waals surface area contributed by atoms with Crippen molar-refractivity contribution in [1.29, 1.82) is 0 Å². The second-order valence-corrected chi connectivity index (χ2v) is 16.0. The molecule has 2 aliphatic heterocycles. The highest BCUT2D eigenvalue weighted by molar-refractivity contribution is 8.10. The maximum absolute atomic E-state index is 15.9. The average molecular weight is 693 g/mol. The Bertz CT molecular complexity index is 1860. The van der Waals surface area contributed by atoms with Crippen molar-refractivity contribution >= 4 is 71.2 Å². The SMILES string of the molecule is C[C@]1(P(O)(=S)OC[C@H]2O[C@@H](n3ccc4c(N)ncnc43)[C@@H](F)[C@@H]2O[PH](O)=S)C[C@@H](CO)O[C@H]1n1nnc2c(=O)[nH]c(N)nc21. The number of fused-ring (bicyclic) bond motifs is 2. The fourth-order valence-corrected chi connectivity index (χ4v) is 8.52. The van der Waals surface area contributed by atoms with E-state index in [-0.39, 0.29) is 29.4 Å². The van der Waals surface area contributed by atoms with E-state index in [2.05, 4.69) is 30.2 Å². The number of aliphatic hydroxyl groups is 1. The number of anilines is 2. The predicted molar refractivity (Wildman–Crippen MR) is 160 cm³/mol. The van der Waals surface area contributed by atoms with Gasteiger partial charge in [0, 0.05) is 6.20 Å². The molecule has 2 unspecified atom stereocenters. The van der Waals surface area contributed by atoms with E-state index >= 15 is 4.39 Å². The molecule has 6 rings (SSSR count). The Labute approximate surface area is 257 Å². The molecule has 9 atom stereocenters. The normalized spacial score (nSPS) is 31.1. The number of aromatic amines is 1. The number of aromatic nitrogens is 8. The van der Waals surface area contributed by atoms with Gasteiger partial charge >= 0.3 is 0 Å². The smallest absolute Gasteiger partial charge is 0.282 e. The molecule has 8 N–H and O–H groups in total. The van der Waals surface area contributed by atoms with Crippen LogP contribution in [0.15, 0.2) is 23.4 Å². The monoisotopic (exact) mass is 692 g/mol. The topological polar surface area (TPSA) is 257 Å². The van der Waals surface area contributed by atoms with Crippen LogP contribution in [0.2, 0.25) is 0 Å². The number of rotatable bonds is 9. The Morgan fingerprint density at radius 2 is 2.11 bits per heavy atom. The lowest BCUT2D eigenvalue weighted by molar-refractivity contribution is -0.0431. The van der Waals surface area contributed by atoms with Gasteiger partial charge in [0.05, 0.1) is 29.9 Å². The van der Waals surface area contributed by atoms with Crippen molar-refractivity contribution in [3.63, 3.8) is 0 Å². The summed E-state index contributed by atoms with van der Waals surface area (Å²) < 4.78 is 41.7. The van der Waals surface area contributed by atoms with Gasteiger partial charge in [-0.2, -0.15) is 9.67 Å². The van der Waals surface area contributed by atoms with Crippen LogP contribution in [-0.4, -0.2) is 97.2 Å². The van der Waals surface area contributed by atoms with Crippen LogP contribution in [0.3, 0.4) is 0 Å². The van der Waals surface area contributed by atoms with E-state index in [0.29, 0.717) is 11.0 Å². The summed E-state index contributed by atoms with van der Waals surface area (Å²) in [6.07, 6.45) is -4.99. The summed E-state index contributed by atoms with van der Waals surface area (Å²) in [7, 11) is -2.82. The molecule has 4 aromatic rings. The van der Waals surface area contributed by atoms with Crippen LogP contribution in [0.4, 0.5) is 16.2 Å². The number of aliphatic hydroxyl groups excluding tert-OH is 1. The third-order valence-corrected chi connectivity index (χ3v) is 12.2. The number of nitrogens with one attached hydrogen (secondary N) is 1. The quantitative estimate of drug-likeness (QED) is 0.122. The maximum Gasteiger partial charge on any atom is 0.282 e. The number of nitrogens with two attached hydrogens (primary N) is 2. The molecule has 0 amide bonds. The Morgan fingerprint density at radius 1 is 1.34 bits per heavy atom. The summed E-state index contributed by atoms with van der Waals surface area (Å²) in [5.41, 5.74) is 11.1. The number of halogens is 1. The standard InChI is InChI=1S/C21H27FN10O8P2S2/c1-21(4-8(5-33)38-19(21)32-16-12(29-30-32)17(34)28-20(24)27-16)42(36,44)37-6-10-13(40-41(35)43)11(22)18(39-10)31-3-2-9-14(23)25-7-26-15(9)31/h2-3,7-8,10-11,13,18-19,33,41H,4-6H2,1H3,(H,35,43)(H,36,44)(H2,23,25,26)(H3,24,27,28,34)/t8-,10+,11-,13+,18+,19+,21-,42?/m0/s1. The van der Waals surface area contributed by atoms with Crippen molar-refractivity contribution in [3.8, 4) is 0 Å². The van der Waals surface area contributed by atoms with E-state index in [4.69, 9.17) is 53.6 Å². The van der Waals surface area contributed by atoms with Gasteiger partial charge in [0.2, 0.25) is 5.95 Å². The molecular weight excluding hydrogens is 665 g/mol. The average Bonchev–Trinajstić information content (AvgIpc) is 3.72. The van der Waals surface area contributed by atoms with Gasteiger partial charge in [-0.05, 0) is 43.0 Å². The van der Waals surface area contributed by atoms with E-state index in [9.17, 15) is 19.7 Å². The predicted octanol–water partition coefficient (Wildman–Crippen LogP) is -0.400. The Kier molecular flexibility index (Phi) is 8.34. The van der Waals surface area contributed by atoms with Crippen molar-refractivity contribution in [2.75, 3.05) is 24.7 Å². The second-order valence-electron chi connectivity index (χ2n) is 10.4. The van der Waals surface area contributed by atoms with Crippen LogP contribution in [0, 0.1) is 0 Å². The third-order valence-electron chi connectivity index (χ3n) is 7.65. The minimum Gasteiger partial charge on any atom is -0.394 e. The summed E-state index contributed by atoms with van der Waals surface area (Å²) in [5.74, 6) is -0.0207. The fourth-order valence-electron chi connectivity index (χ4n) is 5.46. The van der Waals surface area contributed by atoms with Crippen molar-refractivity contribution in [1.82, 2.24) is 39.5 Å². The lowest BCUT2D eigenvalue weighted by atomic mass is 10.1. The highest BCUT2D eigenvalue weighted by atomic mass is 32.5. The van der Waals surface area contributed by atoms with Crippen molar-refractivity contribution < 1.29 is 37.8 Å². The third kappa shape index (κ3) is 5.25. The zero-order chi connectivity index (χ0) is 31.6.